The molecule has 2 N–H and O–H groups in total. The highest BCUT2D eigenvalue weighted by Crippen LogP contribution is 2.35. The van der Waals surface area contributed by atoms with Gasteiger partial charge in [0.2, 0.25) is 5.91 Å². The second-order valence-corrected chi connectivity index (χ2v) is 7.93. The second-order valence-electron chi connectivity index (χ2n) is 7.93. The number of methoxy groups -OCH3 is 1. The number of aromatic nitrogens is 1. The number of nitrogens with one attached hydrogen (secondary N) is 2. The average Bonchev–Trinajstić information content (AvgIpc) is 3.33. The minimum Gasteiger partial charge on any atom is -0.497 e. The third kappa shape index (κ3) is 4.62. The number of pyridine rings is 1. The van der Waals surface area contributed by atoms with Crippen LogP contribution in [0.2, 0.25) is 0 Å². The summed E-state index contributed by atoms with van der Waals surface area (Å²) in [6.07, 6.45) is 0.841. The molecule has 1 fully saturated rings. The van der Waals surface area contributed by atoms with E-state index in [0.29, 0.717) is 13.2 Å². The standard InChI is InChI=1S/C25H30N4O3/c1-26-11-13-32-19-6-4-17(5-7-19)22-15-24(29-12-10-18(16-29)25(30)27-2)21-9-8-20(31-3)14-23(21)28-22/h4-9,14-15,18,26H,10-13,16H2,1-3H3,(H,27,30). The number of carbonyl (C=O) groups is 1. The van der Waals surface area contributed by atoms with Crippen molar-refractivity contribution in [3.8, 4) is 22.8 Å². The molecule has 1 aliphatic heterocycles. The Bertz CT molecular complexity index is 1080. The van der Waals surface area contributed by atoms with Crippen molar-refractivity contribution in [3.63, 3.8) is 0 Å². The Morgan fingerprint density at radius 1 is 1.12 bits per heavy atom. The molecule has 1 aromatic heterocycles. The molecule has 3 aromatic rings. The Morgan fingerprint density at radius 2 is 1.91 bits per heavy atom. The monoisotopic (exact) mass is 434 g/mol. The maximum atomic E-state index is 12.2. The largest absolute Gasteiger partial charge is 0.497 e. The number of fused-ring (bicyclic) bond motifs is 1. The van der Waals surface area contributed by atoms with Gasteiger partial charge in [0.25, 0.3) is 0 Å². The van der Waals surface area contributed by atoms with E-state index in [-0.39, 0.29) is 11.8 Å². The van der Waals surface area contributed by atoms with Gasteiger partial charge < -0.3 is 25.0 Å². The van der Waals surface area contributed by atoms with Crippen molar-refractivity contribution in [3.05, 3.63) is 48.5 Å². The Hall–Kier alpha value is -3.32. The molecule has 1 unspecified atom stereocenters. The van der Waals surface area contributed by atoms with Gasteiger partial charge >= 0.3 is 0 Å². The van der Waals surface area contributed by atoms with Crippen molar-refractivity contribution in [1.29, 1.82) is 0 Å². The highest BCUT2D eigenvalue weighted by atomic mass is 16.5. The molecule has 1 saturated heterocycles. The Morgan fingerprint density at radius 3 is 2.62 bits per heavy atom. The molecule has 0 radical (unpaired) electrons. The van der Waals surface area contributed by atoms with Crippen LogP contribution in [-0.4, -0.2) is 58.3 Å². The SMILES string of the molecule is CNCCOc1ccc(-c2cc(N3CCC(C(=O)NC)C3)c3ccc(OC)cc3n2)cc1. The predicted molar refractivity (Wildman–Crippen MR) is 128 cm³/mol. The first-order valence-corrected chi connectivity index (χ1v) is 11.0. The summed E-state index contributed by atoms with van der Waals surface area (Å²) in [6, 6.07) is 16.1. The van der Waals surface area contributed by atoms with Gasteiger partial charge in [-0.15, -0.1) is 0 Å². The number of nitrogens with zero attached hydrogens (tertiary/aromatic N) is 2. The van der Waals surface area contributed by atoms with Crippen LogP contribution in [0.25, 0.3) is 22.2 Å². The van der Waals surface area contributed by atoms with Crippen molar-refractivity contribution in [1.82, 2.24) is 15.6 Å². The summed E-state index contributed by atoms with van der Waals surface area (Å²) < 4.78 is 11.2. The third-order valence-corrected chi connectivity index (χ3v) is 5.91. The maximum Gasteiger partial charge on any atom is 0.224 e. The number of carbonyl (C=O) groups excluding carboxylic acids is 1. The lowest BCUT2D eigenvalue weighted by Crippen LogP contribution is -2.30. The number of hydrogen-bond donors (Lipinski definition) is 2. The Balaban J connectivity index is 1.69. The molecule has 2 heterocycles. The van der Waals surface area contributed by atoms with Crippen LogP contribution in [0.5, 0.6) is 11.5 Å². The number of likely N-dealkylation sites (N-methyl/N-ethyl adjacent to an activating group) is 1. The fourth-order valence-electron chi connectivity index (χ4n) is 4.12. The first kappa shape index (κ1) is 21.9. The number of hydrogen-bond acceptors (Lipinski definition) is 6. The van der Waals surface area contributed by atoms with Crippen molar-refractivity contribution < 1.29 is 14.3 Å². The normalized spacial score (nSPS) is 15.7. The van der Waals surface area contributed by atoms with Crippen LogP contribution < -0.4 is 25.0 Å². The minimum absolute atomic E-state index is 0.000966. The lowest BCUT2D eigenvalue weighted by Gasteiger charge is -2.22. The van der Waals surface area contributed by atoms with E-state index in [2.05, 4.69) is 21.6 Å². The third-order valence-electron chi connectivity index (χ3n) is 5.91. The van der Waals surface area contributed by atoms with Gasteiger partial charge in [-0.05, 0) is 55.9 Å². The molecule has 1 aliphatic rings. The first-order valence-electron chi connectivity index (χ1n) is 11.0. The fraction of sp³-hybridized carbons (Fsp3) is 0.360. The van der Waals surface area contributed by atoms with Gasteiger partial charge in [-0.3, -0.25) is 4.79 Å². The van der Waals surface area contributed by atoms with Gasteiger partial charge in [-0.1, -0.05) is 0 Å². The van der Waals surface area contributed by atoms with Gasteiger partial charge in [-0.2, -0.15) is 0 Å². The van der Waals surface area contributed by atoms with Crippen LogP contribution in [0.15, 0.2) is 48.5 Å². The number of ether oxygens (including phenoxy) is 2. The van der Waals surface area contributed by atoms with Gasteiger partial charge in [-0.25, -0.2) is 4.98 Å². The minimum atomic E-state index is -0.000966. The lowest BCUT2D eigenvalue weighted by atomic mass is 10.1. The van der Waals surface area contributed by atoms with E-state index < -0.39 is 0 Å². The summed E-state index contributed by atoms with van der Waals surface area (Å²) in [5.74, 6) is 1.70. The van der Waals surface area contributed by atoms with E-state index >= 15 is 0 Å². The number of anilines is 1. The van der Waals surface area contributed by atoms with Crippen molar-refractivity contribution >= 4 is 22.5 Å². The van der Waals surface area contributed by atoms with E-state index in [0.717, 1.165) is 58.9 Å². The van der Waals surface area contributed by atoms with Crippen LogP contribution in [0, 0.1) is 5.92 Å². The molecule has 0 spiro atoms. The predicted octanol–water partition coefficient (Wildman–Crippen LogP) is 3.08. The van der Waals surface area contributed by atoms with Crippen molar-refractivity contribution in [2.75, 3.05) is 52.3 Å². The van der Waals surface area contributed by atoms with Crippen molar-refractivity contribution in [2.24, 2.45) is 5.92 Å². The van der Waals surface area contributed by atoms with Gasteiger partial charge in [0.15, 0.2) is 0 Å². The molecule has 0 aliphatic carbocycles. The fourth-order valence-corrected chi connectivity index (χ4v) is 4.12. The molecule has 7 heteroatoms. The zero-order chi connectivity index (χ0) is 22.5. The number of amides is 1. The molecular weight excluding hydrogens is 404 g/mol. The van der Waals surface area contributed by atoms with Gasteiger partial charge in [0.1, 0.15) is 18.1 Å². The Kier molecular flexibility index (Phi) is 6.75. The summed E-state index contributed by atoms with van der Waals surface area (Å²) in [7, 11) is 5.26. The topological polar surface area (TPSA) is 75.7 Å². The van der Waals surface area contributed by atoms with Crippen LogP contribution in [-0.2, 0) is 4.79 Å². The summed E-state index contributed by atoms with van der Waals surface area (Å²) in [6.45, 7) is 2.95. The highest BCUT2D eigenvalue weighted by Gasteiger charge is 2.29. The smallest absolute Gasteiger partial charge is 0.224 e. The molecule has 7 nitrogen and oxygen atoms in total. The maximum absolute atomic E-state index is 12.2. The summed E-state index contributed by atoms with van der Waals surface area (Å²) in [5, 5.41) is 6.91. The molecule has 4 rings (SSSR count). The summed E-state index contributed by atoms with van der Waals surface area (Å²) >= 11 is 0. The van der Waals surface area contributed by atoms with E-state index in [4.69, 9.17) is 14.5 Å². The van der Waals surface area contributed by atoms with Crippen LogP contribution >= 0.6 is 0 Å². The number of benzene rings is 2. The summed E-state index contributed by atoms with van der Waals surface area (Å²) in [4.78, 5) is 19.4. The van der Waals surface area contributed by atoms with Crippen LogP contribution in [0.4, 0.5) is 5.69 Å². The van der Waals surface area contributed by atoms with Crippen LogP contribution in [0.3, 0.4) is 0 Å². The van der Waals surface area contributed by atoms with Crippen molar-refractivity contribution in [2.45, 2.75) is 6.42 Å². The zero-order valence-corrected chi connectivity index (χ0v) is 18.9. The molecule has 32 heavy (non-hydrogen) atoms. The van der Waals surface area contributed by atoms with Gasteiger partial charge in [0.05, 0.1) is 24.2 Å². The Labute approximate surface area is 188 Å². The summed E-state index contributed by atoms with van der Waals surface area (Å²) in [5.41, 5.74) is 3.85. The van der Waals surface area contributed by atoms with E-state index in [1.807, 2.05) is 49.5 Å². The van der Waals surface area contributed by atoms with E-state index in [1.54, 1.807) is 14.2 Å². The molecular formula is C25H30N4O3. The molecule has 0 bridgehead atoms. The van der Waals surface area contributed by atoms with E-state index in [9.17, 15) is 4.79 Å². The van der Waals surface area contributed by atoms with Crippen LogP contribution in [0.1, 0.15) is 6.42 Å². The first-order chi connectivity index (χ1) is 15.6. The zero-order valence-electron chi connectivity index (χ0n) is 18.9. The quantitative estimate of drug-likeness (QED) is 0.531. The second kappa shape index (κ2) is 9.87. The highest BCUT2D eigenvalue weighted by molar-refractivity contribution is 5.95. The molecule has 168 valence electrons. The van der Waals surface area contributed by atoms with E-state index in [1.165, 1.54) is 0 Å². The molecule has 1 atom stereocenters. The average molecular weight is 435 g/mol. The number of rotatable bonds is 8. The molecule has 2 aromatic carbocycles. The lowest BCUT2D eigenvalue weighted by molar-refractivity contribution is -0.123. The molecule has 1 amide bonds. The van der Waals surface area contributed by atoms with Gasteiger partial charge in [0, 0.05) is 49.4 Å². The molecule has 0 saturated carbocycles.